The van der Waals surface area contributed by atoms with Crippen molar-refractivity contribution in [3.05, 3.63) is 0 Å². The fourth-order valence-corrected chi connectivity index (χ4v) is 3.78. The average Bonchev–Trinajstić information content (AvgIpc) is 3.10. The van der Waals surface area contributed by atoms with Crippen LogP contribution in [0.2, 0.25) is 0 Å². The average molecular weight is 286 g/mol. The summed E-state index contributed by atoms with van der Waals surface area (Å²) in [5.74, 6) is 0.238. The number of nitrogens with zero attached hydrogens (tertiary/aromatic N) is 2. The first-order chi connectivity index (χ1) is 9.08. The van der Waals surface area contributed by atoms with E-state index < -0.39 is 12.0 Å². The molecule has 1 saturated carbocycles. The summed E-state index contributed by atoms with van der Waals surface area (Å²) in [5.41, 5.74) is 0. The van der Waals surface area contributed by atoms with Gasteiger partial charge in [-0.05, 0) is 32.1 Å². The minimum atomic E-state index is -0.890. The van der Waals surface area contributed by atoms with Gasteiger partial charge >= 0.3 is 12.0 Å². The Morgan fingerprint density at radius 1 is 1.37 bits per heavy atom. The predicted molar refractivity (Wildman–Crippen MR) is 75.2 cm³/mol. The summed E-state index contributed by atoms with van der Waals surface area (Å²) in [7, 11) is 0. The molecule has 0 bridgehead atoms. The number of carboxylic acid groups (broad SMARTS) is 1. The van der Waals surface area contributed by atoms with Crippen molar-refractivity contribution in [2.45, 2.75) is 44.5 Å². The molecule has 2 rings (SSSR count). The standard InChI is InChI=1S/C13H22N2O3S/c1-3-11-15(10(8-19-11)12(16)17)13(18)14(4-2)7-9-5-6-9/h9-11H,3-8H2,1-2H3,(H,16,17). The lowest BCUT2D eigenvalue weighted by atomic mass is 10.2. The van der Waals surface area contributed by atoms with Gasteiger partial charge in [-0.1, -0.05) is 6.92 Å². The molecule has 0 spiro atoms. The Balaban J connectivity index is 2.09. The maximum atomic E-state index is 12.6. The second-order valence-corrected chi connectivity index (χ2v) is 6.43. The van der Waals surface area contributed by atoms with Crippen molar-refractivity contribution in [3.8, 4) is 0 Å². The summed E-state index contributed by atoms with van der Waals surface area (Å²) < 4.78 is 0. The highest BCUT2D eigenvalue weighted by Gasteiger charge is 2.42. The van der Waals surface area contributed by atoms with Crippen molar-refractivity contribution in [1.82, 2.24) is 9.80 Å². The van der Waals surface area contributed by atoms with E-state index in [1.54, 1.807) is 16.7 Å². The Hall–Kier alpha value is -0.910. The van der Waals surface area contributed by atoms with E-state index in [-0.39, 0.29) is 11.4 Å². The van der Waals surface area contributed by atoms with Crippen LogP contribution in [0, 0.1) is 5.92 Å². The number of carbonyl (C=O) groups is 2. The topological polar surface area (TPSA) is 60.9 Å². The summed E-state index contributed by atoms with van der Waals surface area (Å²) in [6.45, 7) is 5.39. The van der Waals surface area contributed by atoms with Gasteiger partial charge in [-0.3, -0.25) is 4.90 Å². The first-order valence-electron chi connectivity index (χ1n) is 7.00. The maximum absolute atomic E-state index is 12.6. The second kappa shape index (κ2) is 6.03. The van der Waals surface area contributed by atoms with Crippen LogP contribution in [0.25, 0.3) is 0 Å². The highest BCUT2D eigenvalue weighted by molar-refractivity contribution is 8.00. The van der Waals surface area contributed by atoms with Gasteiger partial charge in [-0.25, -0.2) is 9.59 Å². The molecule has 2 atom stereocenters. The van der Waals surface area contributed by atoms with Crippen LogP contribution in [0.5, 0.6) is 0 Å². The van der Waals surface area contributed by atoms with E-state index in [2.05, 4.69) is 0 Å². The molecular weight excluding hydrogens is 264 g/mol. The number of hydrogen-bond acceptors (Lipinski definition) is 3. The molecular formula is C13H22N2O3S. The second-order valence-electron chi connectivity index (χ2n) is 5.22. The number of aliphatic carboxylic acids is 1. The van der Waals surface area contributed by atoms with Gasteiger partial charge in [0, 0.05) is 18.8 Å². The maximum Gasteiger partial charge on any atom is 0.327 e. The van der Waals surface area contributed by atoms with Gasteiger partial charge < -0.3 is 10.0 Å². The Bertz CT molecular complexity index is 360. The van der Waals surface area contributed by atoms with Crippen LogP contribution < -0.4 is 0 Å². The largest absolute Gasteiger partial charge is 0.480 e. The monoisotopic (exact) mass is 286 g/mol. The van der Waals surface area contributed by atoms with E-state index >= 15 is 0 Å². The molecule has 0 radical (unpaired) electrons. The van der Waals surface area contributed by atoms with Crippen LogP contribution >= 0.6 is 11.8 Å². The summed E-state index contributed by atoms with van der Waals surface area (Å²) in [4.78, 5) is 27.3. The van der Waals surface area contributed by atoms with Gasteiger partial charge in [0.2, 0.25) is 0 Å². The molecule has 2 aliphatic rings. The Labute approximate surface area is 118 Å². The van der Waals surface area contributed by atoms with Crippen molar-refractivity contribution >= 4 is 23.8 Å². The first-order valence-corrected chi connectivity index (χ1v) is 8.05. The number of amides is 2. The smallest absolute Gasteiger partial charge is 0.327 e. The zero-order valence-electron chi connectivity index (χ0n) is 11.5. The van der Waals surface area contributed by atoms with E-state index in [4.69, 9.17) is 0 Å². The number of hydrogen-bond donors (Lipinski definition) is 1. The van der Waals surface area contributed by atoms with Crippen LogP contribution in [0.4, 0.5) is 4.79 Å². The third kappa shape index (κ3) is 3.16. The van der Waals surface area contributed by atoms with E-state index in [0.29, 0.717) is 18.2 Å². The quantitative estimate of drug-likeness (QED) is 0.840. The summed E-state index contributed by atoms with van der Waals surface area (Å²) in [6.07, 6.45) is 3.18. The van der Waals surface area contributed by atoms with Crippen molar-refractivity contribution in [3.63, 3.8) is 0 Å². The van der Waals surface area contributed by atoms with E-state index in [1.807, 2.05) is 18.7 Å². The number of carboxylic acids is 1. The molecule has 2 fully saturated rings. The predicted octanol–water partition coefficient (Wildman–Crippen LogP) is 2.08. The van der Waals surface area contributed by atoms with Gasteiger partial charge in [-0.15, -0.1) is 11.8 Å². The lowest BCUT2D eigenvalue weighted by molar-refractivity contribution is -0.141. The third-order valence-electron chi connectivity index (χ3n) is 3.78. The summed E-state index contributed by atoms with van der Waals surface area (Å²) >= 11 is 1.58. The molecule has 0 aromatic carbocycles. The molecule has 1 aliphatic carbocycles. The van der Waals surface area contributed by atoms with Crippen LogP contribution in [0.1, 0.15) is 33.1 Å². The van der Waals surface area contributed by atoms with Crippen LogP contribution in [0.15, 0.2) is 0 Å². The van der Waals surface area contributed by atoms with Crippen LogP contribution in [-0.2, 0) is 4.79 Å². The summed E-state index contributed by atoms with van der Waals surface area (Å²) in [5, 5.41) is 9.27. The molecule has 0 aromatic rings. The SMILES string of the molecule is CCC1SCC(C(=O)O)N1C(=O)N(CC)CC1CC1. The molecule has 2 unspecified atom stereocenters. The van der Waals surface area contributed by atoms with Crippen LogP contribution in [-0.4, -0.2) is 57.2 Å². The molecule has 1 N–H and O–H groups in total. The molecule has 1 saturated heterocycles. The number of carbonyl (C=O) groups excluding carboxylic acids is 1. The number of urea groups is 1. The van der Waals surface area contributed by atoms with Crippen molar-refractivity contribution < 1.29 is 14.7 Å². The molecule has 0 aromatic heterocycles. The van der Waals surface area contributed by atoms with Gasteiger partial charge in [0.05, 0.1) is 5.37 Å². The zero-order chi connectivity index (χ0) is 14.0. The lowest BCUT2D eigenvalue weighted by Crippen LogP contribution is -2.52. The fraction of sp³-hybridized carbons (Fsp3) is 0.846. The van der Waals surface area contributed by atoms with Gasteiger partial charge in [0.15, 0.2) is 0 Å². The van der Waals surface area contributed by atoms with E-state index in [9.17, 15) is 14.7 Å². The van der Waals surface area contributed by atoms with Crippen molar-refractivity contribution in [2.24, 2.45) is 5.92 Å². The molecule has 1 heterocycles. The Kier molecular flexibility index (Phi) is 4.60. The minimum Gasteiger partial charge on any atom is -0.480 e. The van der Waals surface area contributed by atoms with Crippen LogP contribution in [0.3, 0.4) is 0 Å². The normalized spacial score (nSPS) is 26.5. The molecule has 2 amide bonds. The molecule has 5 nitrogen and oxygen atoms in total. The first kappa shape index (κ1) is 14.5. The third-order valence-corrected chi connectivity index (χ3v) is 5.23. The zero-order valence-corrected chi connectivity index (χ0v) is 12.4. The lowest BCUT2D eigenvalue weighted by Gasteiger charge is -2.32. The van der Waals surface area contributed by atoms with Gasteiger partial charge in [0.25, 0.3) is 0 Å². The van der Waals surface area contributed by atoms with Gasteiger partial charge in [0.1, 0.15) is 6.04 Å². The highest BCUT2D eigenvalue weighted by Crippen LogP contribution is 2.34. The molecule has 19 heavy (non-hydrogen) atoms. The fourth-order valence-electron chi connectivity index (χ4n) is 2.44. The molecule has 1 aliphatic heterocycles. The van der Waals surface area contributed by atoms with Crippen molar-refractivity contribution in [2.75, 3.05) is 18.8 Å². The number of rotatable bonds is 5. The van der Waals surface area contributed by atoms with Crippen molar-refractivity contribution in [1.29, 1.82) is 0 Å². The van der Waals surface area contributed by atoms with E-state index in [1.165, 1.54) is 12.8 Å². The Morgan fingerprint density at radius 3 is 2.53 bits per heavy atom. The minimum absolute atomic E-state index is 0.00172. The van der Waals surface area contributed by atoms with E-state index in [0.717, 1.165) is 13.0 Å². The summed E-state index contributed by atoms with van der Waals surface area (Å²) in [6, 6.07) is -0.769. The Morgan fingerprint density at radius 2 is 2.05 bits per heavy atom. The van der Waals surface area contributed by atoms with Gasteiger partial charge in [-0.2, -0.15) is 0 Å². The molecule has 108 valence electrons. The highest BCUT2D eigenvalue weighted by atomic mass is 32.2. The molecule has 6 heteroatoms. The number of thioether (sulfide) groups is 1.